The lowest BCUT2D eigenvalue weighted by molar-refractivity contribution is -0.135. The molecular weight excluding hydrogens is 458 g/mol. The molecule has 3 amide bonds. The number of likely N-dealkylation sites (tertiary alicyclic amines) is 1. The fourth-order valence-electron chi connectivity index (χ4n) is 4.32. The Morgan fingerprint density at radius 1 is 0.972 bits per heavy atom. The lowest BCUT2D eigenvalue weighted by Crippen LogP contribution is -2.52. The number of hydrogen-bond acceptors (Lipinski definition) is 5. The van der Waals surface area contributed by atoms with Crippen molar-refractivity contribution in [2.75, 3.05) is 19.7 Å². The Morgan fingerprint density at radius 2 is 1.69 bits per heavy atom. The van der Waals surface area contributed by atoms with Gasteiger partial charge in [0.05, 0.1) is 12.5 Å². The molecule has 0 aromatic heterocycles. The minimum atomic E-state index is -0.820. The molecule has 3 aromatic carbocycles. The Kier molecular flexibility index (Phi) is 8.05. The maximum atomic E-state index is 13.3. The standard InChI is InChI=1S/C28H31N3O5/c1-3-35-22-13-15-23(16-14-22)36-19(2)26(32)29-30-27(33)21-10-7-17-31(18-21)28(34)25-12-6-9-20-8-4-5-11-24(20)25/h4-6,8-9,11-16,19,21H,3,7,10,17-18H2,1-2H3,(H,29,32)(H,30,33). The molecular formula is C28H31N3O5. The van der Waals surface area contributed by atoms with Gasteiger partial charge in [-0.05, 0) is 67.8 Å². The van der Waals surface area contributed by atoms with Crippen LogP contribution in [0.2, 0.25) is 0 Å². The number of hydrazine groups is 1. The summed E-state index contributed by atoms with van der Waals surface area (Å²) in [6.07, 6.45) is 0.526. The number of carbonyl (C=O) groups is 3. The van der Waals surface area contributed by atoms with Crippen molar-refractivity contribution in [3.05, 3.63) is 72.3 Å². The molecule has 8 nitrogen and oxygen atoms in total. The molecule has 1 aliphatic rings. The first-order valence-corrected chi connectivity index (χ1v) is 12.2. The summed E-state index contributed by atoms with van der Waals surface area (Å²) in [4.78, 5) is 40.2. The van der Waals surface area contributed by atoms with E-state index in [1.54, 1.807) is 36.1 Å². The van der Waals surface area contributed by atoms with Gasteiger partial charge in [-0.15, -0.1) is 0 Å². The number of ether oxygens (including phenoxy) is 2. The van der Waals surface area contributed by atoms with Crippen LogP contribution in [0.4, 0.5) is 0 Å². The molecule has 0 radical (unpaired) electrons. The lowest BCUT2D eigenvalue weighted by atomic mass is 9.96. The molecule has 2 unspecified atom stereocenters. The lowest BCUT2D eigenvalue weighted by Gasteiger charge is -2.32. The first-order valence-electron chi connectivity index (χ1n) is 12.2. The Morgan fingerprint density at radius 3 is 2.47 bits per heavy atom. The zero-order valence-corrected chi connectivity index (χ0v) is 20.5. The second-order valence-electron chi connectivity index (χ2n) is 8.76. The molecule has 36 heavy (non-hydrogen) atoms. The van der Waals surface area contributed by atoms with Gasteiger partial charge in [-0.2, -0.15) is 0 Å². The number of carbonyl (C=O) groups excluding carboxylic acids is 3. The van der Waals surface area contributed by atoms with Crippen LogP contribution in [0.3, 0.4) is 0 Å². The van der Waals surface area contributed by atoms with Crippen LogP contribution in [0.15, 0.2) is 66.7 Å². The maximum Gasteiger partial charge on any atom is 0.279 e. The van der Waals surface area contributed by atoms with E-state index in [1.807, 2.05) is 49.4 Å². The van der Waals surface area contributed by atoms with Crippen molar-refractivity contribution in [1.29, 1.82) is 0 Å². The molecule has 0 bridgehead atoms. The zero-order valence-electron chi connectivity index (χ0n) is 20.5. The molecule has 3 aromatic rings. The molecule has 2 N–H and O–H groups in total. The van der Waals surface area contributed by atoms with E-state index < -0.39 is 17.9 Å². The van der Waals surface area contributed by atoms with Crippen molar-refractivity contribution in [2.24, 2.45) is 5.92 Å². The molecule has 8 heteroatoms. The largest absolute Gasteiger partial charge is 0.494 e. The highest BCUT2D eigenvalue weighted by atomic mass is 16.5. The first kappa shape index (κ1) is 25.0. The molecule has 1 fully saturated rings. The van der Waals surface area contributed by atoms with Crippen molar-refractivity contribution >= 4 is 28.5 Å². The summed E-state index contributed by atoms with van der Waals surface area (Å²) >= 11 is 0. The van der Waals surface area contributed by atoms with Crippen molar-refractivity contribution in [3.8, 4) is 11.5 Å². The van der Waals surface area contributed by atoms with E-state index in [1.165, 1.54) is 0 Å². The van der Waals surface area contributed by atoms with E-state index in [-0.39, 0.29) is 11.8 Å². The van der Waals surface area contributed by atoms with Crippen molar-refractivity contribution in [1.82, 2.24) is 15.8 Å². The topological polar surface area (TPSA) is 97.0 Å². The number of hydrogen-bond donors (Lipinski definition) is 2. The van der Waals surface area contributed by atoms with E-state index in [2.05, 4.69) is 10.9 Å². The third-order valence-corrected chi connectivity index (χ3v) is 6.23. The molecule has 0 saturated carbocycles. The smallest absolute Gasteiger partial charge is 0.279 e. The summed E-state index contributed by atoms with van der Waals surface area (Å²) in [6, 6.07) is 20.4. The predicted octanol–water partition coefficient (Wildman–Crippen LogP) is 3.71. The van der Waals surface area contributed by atoms with Gasteiger partial charge in [-0.1, -0.05) is 36.4 Å². The van der Waals surface area contributed by atoms with Gasteiger partial charge in [-0.3, -0.25) is 25.2 Å². The highest BCUT2D eigenvalue weighted by Crippen LogP contribution is 2.24. The summed E-state index contributed by atoms with van der Waals surface area (Å²) in [5.74, 6) is -0.0771. The van der Waals surface area contributed by atoms with Crippen LogP contribution in [0, 0.1) is 5.92 Å². The first-order chi connectivity index (χ1) is 17.5. The number of fused-ring (bicyclic) bond motifs is 1. The van der Waals surface area contributed by atoms with E-state index in [9.17, 15) is 14.4 Å². The Hall–Kier alpha value is -4.07. The van der Waals surface area contributed by atoms with Gasteiger partial charge < -0.3 is 14.4 Å². The normalized spacial score (nSPS) is 16.2. The number of rotatable bonds is 7. The average molecular weight is 490 g/mol. The van der Waals surface area contributed by atoms with Gasteiger partial charge >= 0.3 is 0 Å². The second-order valence-corrected chi connectivity index (χ2v) is 8.76. The number of nitrogens with one attached hydrogen (secondary N) is 2. The summed E-state index contributed by atoms with van der Waals surface area (Å²) in [6.45, 7) is 4.95. The van der Waals surface area contributed by atoms with Crippen LogP contribution in [0.5, 0.6) is 11.5 Å². The Balaban J connectivity index is 1.30. The fraction of sp³-hybridized carbons (Fsp3) is 0.321. The number of benzene rings is 3. The zero-order chi connectivity index (χ0) is 25.5. The molecule has 2 atom stereocenters. The third-order valence-electron chi connectivity index (χ3n) is 6.23. The minimum absolute atomic E-state index is 0.0919. The Bertz CT molecular complexity index is 1220. The van der Waals surface area contributed by atoms with Gasteiger partial charge in [0.25, 0.3) is 11.8 Å². The van der Waals surface area contributed by atoms with Crippen molar-refractivity contribution in [2.45, 2.75) is 32.8 Å². The summed E-state index contributed by atoms with van der Waals surface area (Å²) in [7, 11) is 0. The van der Waals surface area contributed by atoms with E-state index >= 15 is 0 Å². The van der Waals surface area contributed by atoms with Crippen LogP contribution in [-0.4, -0.2) is 48.4 Å². The number of amides is 3. The van der Waals surface area contributed by atoms with Crippen LogP contribution in [-0.2, 0) is 9.59 Å². The van der Waals surface area contributed by atoms with Gasteiger partial charge in [0.2, 0.25) is 5.91 Å². The second kappa shape index (κ2) is 11.6. The molecule has 1 saturated heterocycles. The van der Waals surface area contributed by atoms with Crippen LogP contribution >= 0.6 is 0 Å². The molecule has 4 rings (SSSR count). The van der Waals surface area contributed by atoms with Crippen molar-refractivity contribution < 1.29 is 23.9 Å². The summed E-state index contributed by atoms with van der Waals surface area (Å²) in [5, 5.41) is 1.89. The van der Waals surface area contributed by atoms with Crippen LogP contribution in [0.1, 0.15) is 37.0 Å². The summed E-state index contributed by atoms with van der Waals surface area (Å²) < 4.78 is 11.0. The highest BCUT2D eigenvalue weighted by molar-refractivity contribution is 6.07. The SMILES string of the molecule is CCOc1ccc(OC(C)C(=O)NNC(=O)C2CCCN(C(=O)c3cccc4ccccc34)C2)cc1. The van der Waals surface area contributed by atoms with E-state index in [0.29, 0.717) is 43.9 Å². The van der Waals surface area contributed by atoms with Crippen LogP contribution in [0.25, 0.3) is 10.8 Å². The molecule has 1 heterocycles. The Labute approximate surface area is 210 Å². The van der Waals surface area contributed by atoms with Gasteiger partial charge in [0.15, 0.2) is 6.10 Å². The monoisotopic (exact) mass is 489 g/mol. The quantitative estimate of drug-likeness (QED) is 0.493. The van der Waals surface area contributed by atoms with E-state index in [0.717, 1.165) is 16.5 Å². The van der Waals surface area contributed by atoms with Gasteiger partial charge in [0, 0.05) is 18.7 Å². The third kappa shape index (κ3) is 5.94. The molecule has 0 aliphatic carbocycles. The highest BCUT2D eigenvalue weighted by Gasteiger charge is 2.30. The predicted molar refractivity (Wildman–Crippen MR) is 137 cm³/mol. The molecule has 188 valence electrons. The van der Waals surface area contributed by atoms with Crippen molar-refractivity contribution in [3.63, 3.8) is 0 Å². The van der Waals surface area contributed by atoms with Crippen LogP contribution < -0.4 is 20.3 Å². The number of piperidine rings is 1. The van der Waals surface area contributed by atoms with Gasteiger partial charge in [0.1, 0.15) is 11.5 Å². The van der Waals surface area contributed by atoms with E-state index in [4.69, 9.17) is 9.47 Å². The minimum Gasteiger partial charge on any atom is -0.494 e. The maximum absolute atomic E-state index is 13.3. The molecule has 1 aliphatic heterocycles. The average Bonchev–Trinajstić information content (AvgIpc) is 2.92. The fourth-order valence-corrected chi connectivity index (χ4v) is 4.32. The van der Waals surface area contributed by atoms with Gasteiger partial charge in [-0.25, -0.2) is 0 Å². The number of nitrogens with zero attached hydrogens (tertiary/aromatic N) is 1. The molecule has 0 spiro atoms. The summed E-state index contributed by atoms with van der Waals surface area (Å²) in [5.41, 5.74) is 5.56.